The van der Waals surface area contributed by atoms with Crippen molar-refractivity contribution in [2.75, 3.05) is 14.2 Å². The first kappa shape index (κ1) is 15.9. The van der Waals surface area contributed by atoms with E-state index in [0.29, 0.717) is 18.1 Å². The zero-order valence-electron chi connectivity index (χ0n) is 12.7. The number of quaternary nitrogens is 1. The SMILES string of the molecule is COC(=O)[C@@H]([NH3+])c1ccc(OCc2ccccc2)c(OC)c1. The molecule has 0 amide bonds. The van der Waals surface area contributed by atoms with Crippen LogP contribution in [0.2, 0.25) is 0 Å². The molecular formula is C17H20NO4+. The van der Waals surface area contributed by atoms with Crippen LogP contribution >= 0.6 is 0 Å². The van der Waals surface area contributed by atoms with E-state index >= 15 is 0 Å². The van der Waals surface area contributed by atoms with E-state index in [9.17, 15) is 4.79 Å². The lowest BCUT2D eigenvalue weighted by molar-refractivity contribution is -0.414. The molecule has 0 aliphatic heterocycles. The number of carbonyl (C=O) groups excluding carboxylic acids is 1. The molecular weight excluding hydrogens is 282 g/mol. The standard InChI is InChI=1S/C17H19NO4/c1-20-15-10-13(16(18)17(19)21-2)8-9-14(15)22-11-12-6-4-3-5-7-12/h3-10,16H,11,18H2,1-2H3/p+1/t16-/m0/s1. The molecule has 0 heterocycles. The smallest absolute Gasteiger partial charge is 0.369 e. The summed E-state index contributed by atoms with van der Waals surface area (Å²) in [5.41, 5.74) is 5.59. The Morgan fingerprint density at radius 3 is 2.45 bits per heavy atom. The maximum absolute atomic E-state index is 11.6. The van der Waals surface area contributed by atoms with Gasteiger partial charge in [0.15, 0.2) is 11.5 Å². The first-order valence-electron chi connectivity index (χ1n) is 6.91. The number of esters is 1. The summed E-state index contributed by atoms with van der Waals surface area (Å²) in [4.78, 5) is 11.6. The Kier molecular flexibility index (Phi) is 5.38. The number of methoxy groups -OCH3 is 2. The van der Waals surface area contributed by atoms with Crippen LogP contribution in [0.4, 0.5) is 0 Å². The Balaban J connectivity index is 2.14. The summed E-state index contributed by atoms with van der Waals surface area (Å²) >= 11 is 0. The minimum atomic E-state index is -0.595. The largest absolute Gasteiger partial charge is 0.493 e. The summed E-state index contributed by atoms with van der Waals surface area (Å²) in [5.74, 6) is 0.790. The molecule has 2 aromatic carbocycles. The third-order valence-corrected chi connectivity index (χ3v) is 3.31. The second-order valence-corrected chi connectivity index (χ2v) is 4.76. The minimum absolute atomic E-state index is 0.389. The van der Waals surface area contributed by atoms with E-state index in [1.165, 1.54) is 7.11 Å². The van der Waals surface area contributed by atoms with Crippen molar-refractivity contribution in [3.8, 4) is 11.5 Å². The maximum Gasteiger partial charge on any atom is 0.369 e. The van der Waals surface area contributed by atoms with Crippen molar-refractivity contribution in [1.29, 1.82) is 0 Å². The van der Waals surface area contributed by atoms with Gasteiger partial charge in [-0.25, -0.2) is 4.79 Å². The van der Waals surface area contributed by atoms with E-state index in [0.717, 1.165) is 11.1 Å². The minimum Gasteiger partial charge on any atom is -0.493 e. The first-order valence-corrected chi connectivity index (χ1v) is 6.91. The van der Waals surface area contributed by atoms with E-state index < -0.39 is 6.04 Å². The topological polar surface area (TPSA) is 72.4 Å². The number of ether oxygens (including phenoxy) is 3. The van der Waals surface area contributed by atoms with Crippen LogP contribution in [0.5, 0.6) is 11.5 Å². The molecule has 1 atom stereocenters. The fourth-order valence-corrected chi connectivity index (χ4v) is 2.03. The van der Waals surface area contributed by atoms with Crippen molar-refractivity contribution in [3.05, 3.63) is 59.7 Å². The zero-order chi connectivity index (χ0) is 15.9. The van der Waals surface area contributed by atoms with Crippen LogP contribution < -0.4 is 15.2 Å². The van der Waals surface area contributed by atoms with E-state index in [1.54, 1.807) is 25.3 Å². The summed E-state index contributed by atoms with van der Waals surface area (Å²) in [6, 6.07) is 14.6. The predicted molar refractivity (Wildman–Crippen MR) is 81.4 cm³/mol. The number of hydrogen-bond acceptors (Lipinski definition) is 4. The lowest BCUT2D eigenvalue weighted by atomic mass is 10.1. The van der Waals surface area contributed by atoms with Crippen LogP contribution in [-0.2, 0) is 16.1 Å². The fraction of sp³-hybridized carbons (Fsp3) is 0.235. The molecule has 0 aliphatic carbocycles. The Morgan fingerprint density at radius 1 is 1.09 bits per heavy atom. The van der Waals surface area contributed by atoms with Gasteiger partial charge in [-0.2, -0.15) is 0 Å². The van der Waals surface area contributed by atoms with Gasteiger partial charge in [0.05, 0.1) is 14.2 Å². The summed E-state index contributed by atoms with van der Waals surface area (Å²) in [7, 11) is 2.90. The molecule has 0 fully saturated rings. The average molecular weight is 302 g/mol. The molecule has 0 aliphatic rings. The van der Waals surface area contributed by atoms with Crippen LogP contribution in [0.25, 0.3) is 0 Å². The third-order valence-electron chi connectivity index (χ3n) is 3.31. The van der Waals surface area contributed by atoms with Crippen molar-refractivity contribution in [2.45, 2.75) is 12.6 Å². The molecule has 0 unspecified atom stereocenters. The molecule has 0 saturated carbocycles. The highest BCUT2D eigenvalue weighted by Crippen LogP contribution is 2.30. The molecule has 22 heavy (non-hydrogen) atoms. The zero-order valence-corrected chi connectivity index (χ0v) is 12.7. The molecule has 0 radical (unpaired) electrons. The number of carbonyl (C=O) groups is 1. The van der Waals surface area contributed by atoms with Crippen molar-refractivity contribution < 1.29 is 24.7 Å². The van der Waals surface area contributed by atoms with Crippen molar-refractivity contribution in [1.82, 2.24) is 0 Å². The monoisotopic (exact) mass is 302 g/mol. The van der Waals surface area contributed by atoms with Crippen LogP contribution in [-0.4, -0.2) is 20.2 Å². The second-order valence-electron chi connectivity index (χ2n) is 4.76. The summed E-state index contributed by atoms with van der Waals surface area (Å²) < 4.78 is 15.8. The predicted octanol–water partition coefficient (Wildman–Crippen LogP) is 1.73. The molecule has 0 spiro atoms. The average Bonchev–Trinajstić information content (AvgIpc) is 2.59. The summed E-state index contributed by atoms with van der Waals surface area (Å²) in [6.45, 7) is 0.446. The fourth-order valence-electron chi connectivity index (χ4n) is 2.03. The molecule has 5 heteroatoms. The third kappa shape index (κ3) is 3.77. The van der Waals surface area contributed by atoms with Gasteiger partial charge in [-0.3, -0.25) is 0 Å². The Morgan fingerprint density at radius 2 is 1.82 bits per heavy atom. The highest BCUT2D eigenvalue weighted by atomic mass is 16.5. The molecule has 0 saturated heterocycles. The van der Waals surface area contributed by atoms with Gasteiger partial charge < -0.3 is 19.9 Å². The van der Waals surface area contributed by atoms with E-state index in [-0.39, 0.29) is 5.97 Å². The van der Waals surface area contributed by atoms with Gasteiger partial charge in [0.25, 0.3) is 0 Å². The van der Waals surface area contributed by atoms with Gasteiger partial charge in [0.1, 0.15) is 6.61 Å². The molecule has 116 valence electrons. The highest BCUT2D eigenvalue weighted by molar-refractivity contribution is 5.76. The Labute approximate surface area is 129 Å². The number of rotatable bonds is 6. The number of hydrogen-bond donors (Lipinski definition) is 1. The molecule has 2 rings (SSSR count). The molecule has 0 aromatic heterocycles. The van der Waals surface area contributed by atoms with Crippen molar-refractivity contribution in [2.24, 2.45) is 0 Å². The highest BCUT2D eigenvalue weighted by Gasteiger charge is 2.21. The Bertz CT molecular complexity index is 628. The van der Waals surface area contributed by atoms with E-state index in [2.05, 4.69) is 5.73 Å². The summed E-state index contributed by atoms with van der Waals surface area (Å²) in [6.07, 6.45) is 0. The van der Waals surface area contributed by atoms with Crippen LogP contribution in [0.3, 0.4) is 0 Å². The van der Waals surface area contributed by atoms with Crippen LogP contribution in [0, 0.1) is 0 Å². The molecule has 2 aromatic rings. The van der Waals surface area contributed by atoms with Gasteiger partial charge in [0, 0.05) is 5.56 Å². The quantitative estimate of drug-likeness (QED) is 0.825. The van der Waals surface area contributed by atoms with Gasteiger partial charge in [-0.05, 0) is 23.8 Å². The Hall–Kier alpha value is -2.53. The maximum atomic E-state index is 11.6. The van der Waals surface area contributed by atoms with Crippen LogP contribution in [0.15, 0.2) is 48.5 Å². The molecule has 3 N–H and O–H groups in total. The normalized spacial score (nSPS) is 11.6. The van der Waals surface area contributed by atoms with E-state index in [1.807, 2.05) is 30.3 Å². The second kappa shape index (κ2) is 7.47. The van der Waals surface area contributed by atoms with Gasteiger partial charge in [0.2, 0.25) is 6.04 Å². The van der Waals surface area contributed by atoms with Gasteiger partial charge in [-0.15, -0.1) is 0 Å². The van der Waals surface area contributed by atoms with Crippen molar-refractivity contribution >= 4 is 5.97 Å². The molecule has 5 nitrogen and oxygen atoms in total. The van der Waals surface area contributed by atoms with E-state index in [4.69, 9.17) is 14.2 Å². The first-order chi connectivity index (χ1) is 10.7. The van der Waals surface area contributed by atoms with Crippen molar-refractivity contribution in [3.63, 3.8) is 0 Å². The van der Waals surface area contributed by atoms with Gasteiger partial charge in [-0.1, -0.05) is 30.3 Å². The van der Waals surface area contributed by atoms with Crippen LogP contribution in [0.1, 0.15) is 17.2 Å². The molecule has 0 bridgehead atoms. The lowest BCUT2D eigenvalue weighted by Gasteiger charge is -2.13. The summed E-state index contributed by atoms with van der Waals surface area (Å²) in [5, 5.41) is 0. The lowest BCUT2D eigenvalue weighted by Crippen LogP contribution is -2.57. The number of benzene rings is 2. The van der Waals surface area contributed by atoms with Gasteiger partial charge >= 0.3 is 5.97 Å².